The molecular weight excluding hydrogens is 287 g/mol. The molecule has 0 spiro atoms. The molecule has 1 aromatic rings. The Bertz CT molecular complexity index is 626. The van der Waals surface area contributed by atoms with E-state index in [1.807, 2.05) is 0 Å². The van der Waals surface area contributed by atoms with Crippen LogP contribution in [-0.2, 0) is 10.0 Å². The fraction of sp³-hybridized carbons (Fsp3) is 0.455. The quantitative estimate of drug-likeness (QED) is 0.325. The highest BCUT2D eigenvalue weighted by molar-refractivity contribution is 7.89. The number of rotatable bonds is 4. The Balaban J connectivity index is 2.36. The fourth-order valence-electron chi connectivity index (χ4n) is 2.34. The number of pyridine rings is 1. The third kappa shape index (κ3) is 2.73. The summed E-state index contributed by atoms with van der Waals surface area (Å²) in [6.45, 7) is 0. The van der Waals surface area contributed by atoms with Gasteiger partial charge in [-0.2, -0.15) is 4.72 Å². The molecule has 20 heavy (non-hydrogen) atoms. The number of sulfonamides is 1. The first kappa shape index (κ1) is 14.7. The lowest BCUT2D eigenvalue weighted by molar-refractivity contribution is 0.309. The molecule has 9 heteroatoms. The molecule has 0 atom stereocenters. The lowest BCUT2D eigenvalue weighted by Crippen LogP contribution is -2.55. The molecule has 1 aliphatic carbocycles. The van der Waals surface area contributed by atoms with Gasteiger partial charge >= 0.3 is 0 Å². The van der Waals surface area contributed by atoms with Gasteiger partial charge in [0.05, 0.1) is 11.7 Å². The molecule has 1 aromatic heterocycles. The van der Waals surface area contributed by atoms with Gasteiger partial charge in [0.1, 0.15) is 10.7 Å². The summed E-state index contributed by atoms with van der Waals surface area (Å²) in [4.78, 5) is 3.21. The monoisotopic (exact) mass is 302 g/mol. The first-order valence-corrected chi connectivity index (χ1v) is 7.50. The van der Waals surface area contributed by atoms with E-state index in [0.29, 0.717) is 12.8 Å². The Labute approximate surface area is 115 Å². The summed E-state index contributed by atoms with van der Waals surface area (Å²) in [7, 11) is -4.00. The third-order valence-electron chi connectivity index (χ3n) is 3.37. The Morgan fingerprint density at radius 1 is 1.45 bits per heavy atom. The maximum Gasteiger partial charge on any atom is 0.243 e. The number of nitrogens with one attached hydrogen (secondary N) is 1. The summed E-state index contributed by atoms with van der Waals surface area (Å²) in [6, 6.07) is 0.865. The van der Waals surface area contributed by atoms with Gasteiger partial charge < -0.3 is 10.9 Å². The Kier molecular flexibility index (Phi) is 3.91. The van der Waals surface area contributed by atoms with Crippen LogP contribution in [-0.4, -0.2) is 30.0 Å². The van der Waals surface area contributed by atoms with E-state index in [1.54, 1.807) is 0 Å². The minimum atomic E-state index is -4.00. The number of nitrogens with two attached hydrogens (primary N) is 1. The Morgan fingerprint density at radius 3 is 2.65 bits per heavy atom. The minimum Gasteiger partial charge on any atom is -0.409 e. The van der Waals surface area contributed by atoms with Crippen LogP contribution >= 0.6 is 0 Å². The lowest BCUT2D eigenvalue weighted by Gasteiger charge is -2.28. The predicted molar refractivity (Wildman–Crippen MR) is 69.1 cm³/mol. The van der Waals surface area contributed by atoms with E-state index in [1.165, 1.54) is 0 Å². The number of nitrogens with zero attached hydrogens (tertiary/aromatic N) is 2. The number of hydrogen-bond donors (Lipinski definition) is 3. The van der Waals surface area contributed by atoms with E-state index >= 15 is 0 Å². The summed E-state index contributed by atoms with van der Waals surface area (Å²) >= 11 is 0. The lowest BCUT2D eigenvalue weighted by atomic mass is 9.98. The second-order valence-electron chi connectivity index (χ2n) is 4.72. The maximum absolute atomic E-state index is 13.1. The van der Waals surface area contributed by atoms with E-state index in [2.05, 4.69) is 14.9 Å². The second-order valence-corrected chi connectivity index (χ2v) is 6.40. The van der Waals surface area contributed by atoms with Crippen molar-refractivity contribution in [1.82, 2.24) is 9.71 Å². The highest BCUT2D eigenvalue weighted by Gasteiger charge is 2.42. The number of aromatic nitrogens is 1. The van der Waals surface area contributed by atoms with Gasteiger partial charge in [0.2, 0.25) is 10.0 Å². The molecule has 0 aliphatic heterocycles. The van der Waals surface area contributed by atoms with Gasteiger partial charge in [-0.3, -0.25) is 4.98 Å². The number of amidine groups is 1. The largest absolute Gasteiger partial charge is 0.409 e. The first-order valence-electron chi connectivity index (χ1n) is 6.02. The zero-order chi connectivity index (χ0) is 14.8. The van der Waals surface area contributed by atoms with E-state index in [4.69, 9.17) is 10.9 Å². The highest BCUT2D eigenvalue weighted by atomic mass is 32.2. The summed E-state index contributed by atoms with van der Waals surface area (Å²) in [5, 5.41) is 11.7. The molecule has 0 bridgehead atoms. The molecule has 2 rings (SSSR count). The van der Waals surface area contributed by atoms with Crippen LogP contribution in [0.15, 0.2) is 28.5 Å². The van der Waals surface area contributed by atoms with Crippen molar-refractivity contribution in [2.24, 2.45) is 10.9 Å². The molecule has 110 valence electrons. The van der Waals surface area contributed by atoms with Gasteiger partial charge in [0.25, 0.3) is 0 Å². The van der Waals surface area contributed by atoms with Crippen LogP contribution in [0.2, 0.25) is 0 Å². The molecule has 7 nitrogen and oxygen atoms in total. The summed E-state index contributed by atoms with van der Waals surface area (Å²) in [5.41, 5.74) is 4.49. The summed E-state index contributed by atoms with van der Waals surface area (Å²) in [6.07, 6.45) is 4.30. The van der Waals surface area contributed by atoms with Crippen molar-refractivity contribution in [1.29, 1.82) is 0 Å². The number of halogens is 1. The molecule has 0 unspecified atom stereocenters. The topological polar surface area (TPSA) is 118 Å². The van der Waals surface area contributed by atoms with E-state index in [-0.39, 0.29) is 10.7 Å². The minimum absolute atomic E-state index is 0.192. The average Bonchev–Trinajstić information content (AvgIpc) is 2.87. The van der Waals surface area contributed by atoms with Crippen LogP contribution in [0.1, 0.15) is 25.7 Å². The molecule has 1 heterocycles. The van der Waals surface area contributed by atoms with Crippen molar-refractivity contribution in [3.8, 4) is 0 Å². The summed E-state index contributed by atoms with van der Waals surface area (Å²) in [5.74, 6) is -0.944. The van der Waals surface area contributed by atoms with Crippen molar-refractivity contribution >= 4 is 15.9 Å². The van der Waals surface area contributed by atoms with Gasteiger partial charge in [-0.25, -0.2) is 12.8 Å². The standard InChI is InChI=1S/C11H15FN4O3S/c12-8-5-9(7-14-6-8)20(18,19)16-11(10(13)15-17)3-1-2-4-11/h5-7,16-17H,1-4H2,(H2,13,15). The first-order chi connectivity index (χ1) is 9.39. The van der Waals surface area contributed by atoms with Gasteiger partial charge in [0.15, 0.2) is 5.84 Å². The van der Waals surface area contributed by atoms with Crippen molar-refractivity contribution in [3.63, 3.8) is 0 Å². The number of oxime groups is 1. The Hall–Kier alpha value is -1.74. The molecule has 4 N–H and O–H groups in total. The summed E-state index contributed by atoms with van der Waals surface area (Å²) < 4.78 is 40.0. The SMILES string of the molecule is NC(=NO)C1(NS(=O)(=O)c2cncc(F)c2)CCCC1. The predicted octanol–water partition coefficient (Wildman–Crippen LogP) is 0.558. The molecule has 1 aliphatic rings. The zero-order valence-electron chi connectivity index (χ0n) is 10.6. The van der Waals surface area contributed by atoms with E-state index in [0.717, 1.165) is 31.3 Å². The number of hydrogen-bond acceptors (Lipinski definition) is 5. The molecule has 0 aromatic carbocycles. The maximum atomic E-state index is 13.1. The van der Waals surface area contributed by atoms with Crippen LogP contribution < -0.4 is 10.5 Å². The zero-order valence-corrected chi connectivity index (χ0v) is 11.4. The van der Waals surface area contributed by atoms with Crippen molar-refractivity contribution < 1.29 is 18.0 Å². The smallest absolute Gasteiger partial charge is 0.243 e. The van der Waals surface area contributed by atoms with Gasteiger partial charge in [0, 0.05) is 6.20 Å². The molecule has 1 saturated carbocycles. The molecule has 0 saturated heterocycles. The Morgan fingerprint density at radius 2 is 2.10 bits per heavy atom. The average molecular weight is 302 g/mol. The van der Waals surface area contributed by atoms with Crippen LogP contribution in [0.4, 0.5) is 4.39 Å². The van der Waals surface area contributed by atoms with E-state index < -0.39 is 21.4 Å². The van der Waals surface area contributed by atoms with Crippen molar-refractivity contribution in [2.45, 2.75) is 36.1 Å². The molecule has 1 fully saturated rings. The van der Waals surface area contributed by atoms with Crippen LogP contribution in [0.5, 0.6) is 0 Å². The molecule has 0 radical (unpaired) electrons. The molecular formula is C11H15FN4O3S. The van der Waals surface area contributed by atoms with E-state index in [9.17, 15) is 12.8 Å². The van der Waals surface area contributed by atoms with Crippen LogP contribution in [0, 0.1) is 5.82 Å². The highest BCUT2D eigenvalue weighted by Crippen LogP contribution is 2.31. The second kappa shape index (κ2) is 5.33. The van der Waals surface area contributed by atoms with Gasteiger partial charge in [-0.15, -0.1) is 0 Å². The fourth-order valence-corrected chi connectivity index (χ4v) is 3.75. The van der Waals surface area contributed by atoms with Gasteiger partial charge in [-0.05, 0) is 18.9 Å². The van der Waals surface area contributed by atoms with Crippen molar-refractivity contribution in [3.05, 3.63) is 24.3 Å². The third-order valence-corrected chi connectivity index (χ3v) is 4.88. The molecule has 0 amide bonds. The van der Waals surface area contributed by atoms with Crippen LogP contribution in [0.3, 0.4) is 0 Å². The van der Waals surface area contributed by atoms with Crippen LogP contribution in [0.25, 0.3) is 0 Å². The normalized spacial score (nSPS) is 19.1. The van der Waals surface area contributed by atoms with Crippen molar-refractivity contribution in [2.75, 3.05) is 0 Å². The van der Waals surface area contributed by atoms with Gasteiger partial charge in [-0.1, -0.05) is 18.0 Å².